The molecule has 0 saturated carbocycles. The Morgan fingerprint density at radius 3 is 3.05 bits per heavy atom. The monoisotopic (exact) mass is 325 g/mol. The molecule has 3 rings (SSSR count). The molecule has 0 spiro atoms. The largest absolute Gasteiger partial charge is 0.459 e. The highest BCUT2D eigenvalue weighted by molar-refractivity contribution is 8.01. The zero-order valence-electron chi connectivity index (χ0n) is 11.7. The summed E-state index contributed by atoms with van der Waals surface area (Å²) in [6, 6.07) is 6.79. The number of amides is 1. The lowest BCUT2D eigenvalue weighted by Gasteiger charge is -2.29. The van der Waals surface area contributed by atoms with Gasteiger partial charge in [-0.15, -0.1) is 11.8 Å². The minimum absolute atomic E-state index is 0.0437. The van der Waals surface area contributed by atoms with Crippen molar-refractivity contribution in [2.75, 3.05) is 5.75 Å². The number of nitrogens with zero attached hydrogens (tertiary/aromatic N) is 1. The maximum atomic E-state index is 12.3. The van der Waals surface area contributed by atoms with E-state index in [0.29, 0.717) is 17.2 Å². The summed E-state index contributed by atoms with van der Waals surface area (Å²) in [4.78, 5) is 25.7. The molecule has 21 heavy (non-hydrogen) atoms. The highest BCUT2D eigenvalue weighted by Gasteiger charge is 2.53. The summed E-state index contributed by atoms with van der Waals surface area (Å²) in [5.74, 6) is 0.299. The molecule has 0 bridgehead atoms. The van der Waals surface area contributed by atoms with Crippen molar-refractivity contribution in [3.63, 3.8) is 0 Å². The summed E-state index contributed by atoms with van der Waals surface area (Å²) in [6.45, 7) is 2.16. The SMILES string of the molecule is CC12CCC(=O)N1C(C(=O)OCc1ccccc1Cl)CS2. The van der Waals surface area contributed by atoms with E-state index < -0.39 is 6.04 Å². The van der Waals surface area contributed by atoms with Gasteiger partial charge in [0.2, 0.25) is 5.91 Å². The van der Waals surface area contributed by atoms with Crippen LogP contribution in [-0.4, -0.2) is 33.4 Å². The number of rotatable bonds is 3. The predicted molar refractivity (Wildman–Crippen MR) is 82.0 cm³/mol. The van der Waals surface area contributed by atoms with Gasteiger partial charge in [-0.1, -0.05) is 29.8 Å². The van der Waals surface area contributed by atoms with E-state index in [1.54, 1.807) is 22.7 Å². The molecule has 4 nitrogen and oxygen atoms in total. The van der Waals surface area contributed by atoms with Gasteiger partial charge in [-0.25, -0.2) is 4.79 Å². The second kappa shape index (κ2) is 5.54. The average Bonchev–Trinajstić information content (AvgIpc) is 2.95. The van der Waals surface area contributed by atoms with Crippen LogP contribution < -0.4 is 0 Å². The number of esters is 1. The fraction of sp³-hybridized carbons (Fsp3) is 0.467. The Morgan fingerprint density at radius 1 is 1.52 bits per heavy atom. The summed E-state index contributed by atoms with van der Waals surface area (Å²) in [5.41, 5.74) is 0.772. The van der Waals surface area contributed by atoms with Gasteiger partial charge in [-0.3, -0.25) is 4.79 Å². The van der Waals surface area contributed by atoms with Crippen molar-refractivity contribution >= 4 is 35.2 Å². The average molecular weight is 326 g/mol. The molecule has 2 atom stereocenters. The topological polar surface area (TPSA) is 46.6 Å². The zero-order valence-corrected chi connectivity index (χ0v) is 13.2. The van der Waals surface area contributed by atoms with Crippen molar-refractivity contribution in [3.05, 3.63) is 34.9 Å². The molecular formula is C15H16ClNO3S. The molecule has 112 valence electrons. The predicted octanol–water partition coefficient (Wildman–Crippen LogP) is 2.84. The number of thioether (sulfide) groups is 1. The third-order valence-corrected chi connectivity index (χ3v) is 5.92. The van der Waals surface area contributed by atoms with E-state index in [0.717, 1.165) is 12.0 Å². The molecule has 0 aliphatic carbocycles. The minimum Gasteiger partial charge on any atom is -0.459 e. The summed E-state index contributed by atoms with van der Waals surface area (Å²) in [6.07, 6.45) is 1.31. The van der Waals surface area contributed by atoms with E-state index in [-0.39, 0.29) is 23.4 Å². The number of fused-ring (bicyclic) bond motifs is 1. The molecule has 2 saturated heterocycles. The van der Waals surface area contributed by atoms with Crippen LogP contribution in [0.2, 0.25) is 5.02 Å². The number of hydrogen-bond donors (Lipinski definition) is 0. The Balaban J connectivity index is 1.67. The van der Waals surface area contributed by atoms with Crippen LogP contribution in [0.5, 0.6) is 0 Å². The van der Waals surface area contributed by atoms with Crippen LogP contribution in [0.15, 0.2) is 24.3 Å². The van der Waals surface area contributed by atoms with Crippen LogP contribution in [0.4, 0.5) is 0 Å². The Hall–Kier alpha value is -1.20. The second-order valence-electron chi connectivity index (χ2n) is 5.46. The van der Waals surface area contributed by atoms with Crippen LogP contribution in [0, 0.1) is 0 Å². The first-order chi connectivity index (χ1) is 10.0. The molecule has 2 aliphatic rings. The van der Waals surface area contributed by atoms with Gasteiger partial charge in [-0.05, 0) is 19.4 Å². The highest BCUT2D eigenvalue weighted by Crippen LogP contribution is 2.47. The smallest absolute Gasteiger partial charge is 0.330 e. The highest BCUT2D eigenvalue weighted by atomic mass is 35.5. The van der Waals surface area contributed by atoms with Crippen molar-refractivity contribution in [2.24, 2.45) is 0 Å². The van der Waals surface area contributed by atoms with Gasteiger partial charge in [-0.2, -0.15) is 0 Å². The lowest BCUT2D eigenvalue weighted by Crippen LogP contribution is -2.46. The molecule has 0 N–H and O–H groups in total. The zero-order chi connectivity index (χ0) is 15.0. The Morgan fingerprint density at radius 2 is 2.29 bits per heavy atom. The van der Waals surface area contributed by atoms with Crippen LogP contribution in [0.25, 0.3) is 0 Å². The lowest BCUT2D eigenvalue weighted by molar-refractivity contribution is -0.154. The molecule has 2 fully saturated rings. The Bertz CT molecular complexity index is 594. The molecule has 2 heterocycles. The lowest BCUT2D eigenvalue weighted by atomic mass is 10.2. The molecule has 2 unspecified atom stereocenters. The van der Waals surface area contributed by atoms with Crippen LogP contribution in [0.3, 0.4) is 0 Å². The Labute approximate surface area is 132 Å². The number of benzene rings is 1. The van der Waals surface area contributed by atoms with Gasteiger partial charge in [0.25, 0.3) is 0 Å². The van der Waals surface area contributed by atoms with E-state index in [4.69, 9.17) is 16.3 Å². The maximum absolute atomic E-state index is 12.3. The van der Waals surface area contributed by atoms with Crippen molar-refractivity contribution < 1.29 is 14.3 Å². The minimum atomic E-state index is -0.475. The first-order valence-corrected chi connectivity index (χ1v) is 8.24. The molecule has 0 aromatic heterocycles. The van der Waals surface area contributed by atoms with Crippen LogP contribution in [0.1, 0.15) is 25.3 Å². The Kier molecular flexibility index (Phi) is 3.88. The van der Waals surface area contributed by atoms with E-state index in [9.17, 15) is 9.59 Å². The number of halogens is 1. The summed E-state index contributed by atoms with van der Waals surface area (Å²) < 4.78 is 5.36. The van der Waals surface area contributed by atoms with Gasteiger partial charge in [0, 0.05) is 22.8 Å². The number of carbonyl (C=O) groups is 2. The number of carbonyl (C=O) groups excluding carboxylic acids is 2. The third kappa shape index (κ3) is 2.64. The first-order valence-electron chi connectivity index (χ1n) is 6.87. The van der Waals surface area contributed by atoms with Gasteiger partial charge in [0.15, 0.2) is 0 Å². The van der Waals surface area contributed by atoms with Gasteiger partial charge < -0.3 is 9.64 Å². The van der Waals surface area contributed by atoms with E-state index >= 15 is 0 Å². The standard InChI is InChI=1S/C15H16ClNO3S/c1-15-7-6-13(18)17(15)12(9-21-15)14(19)20-8-10-4-2-3-5-11(10)16/h2-5,12H,6-9H2,1H3. The van der Waals surface area contributed by atoms with Crippen molar-refractivity contribution in [1.82, 2.24) is 4.90 Å². The molecule has 2 aliphatic heterocycles. The third-order valence-electron chi connectivity index (χ3n) is 4.04. The molecule has 0 radical (unpaired) electrons. The number of ether oxygens (including phenoxy) is 1. The summed E-state index contributed by atoms with van der Waals surface area (Å²) in [7, 11) is 0. The van der Waals surface area contributed by atoms with Crippen LogP contribution >= 0.6 is 23.4 Å². The second-order valence-corrected chi connectivity index (χ2v) is 7.37. The fourth-order valence-corrected chi connectivity index (χ4v) is 4.46. The molecule has 1 amide bonds. The molecule has 1 aromatic rings. The number of hydrogen-bond acceptors (Lipinski definition) is 4. The van der Waals surface area contributed by atoms with Gasteiger partial charge >= 0.3 is 5.97 Å². The molecular weight excluding hydrogens is 310 g/mol. The van der Waals surface area contributed by atoms with Crippen molar-refractivity contribution in [1.29, 1.82) is 0 Å². The quantitative estimate of drug-likeness (QED) is 0.802. The van der Waals surface area contributed by atoms with Crippen LogP contribution in [-0.2, 0) is 20.9 Å². The van der Waals surface area contributed by atoms with Gasteiger partial charge in [0.05, 0.1) is 4.87 Å². The summed E-state index contributed by atoms with van der Waals surface area (Å²) in [5, 5.41) is 0.577. The van der Waals surface area contributed by atoms with E-state index in [1.807, 2.05) is 25.1 Å². The molecule has 1 aromatic carbocycles. The van der Waals surface area contributed by atoms with E-state index in [2.05, 4.69) is 0 Å². The fourth-order valence-electron chi connectivity index (χ4n) is 2.86. The van der Waals surface area contributed by atoms with E-state index in [1.165, 1.54) is 0 Å². The van der Waals surface area contributed by atoms with Gasteiger partial charge in [0.1, 0.15) is 12.6 Å². The van der Waals surface area contributed by atoms with Crippen molar-refractivity contribution in [2.45, 2.75) is 37.3 Å². The molecule has 6 heteroatoms. The summed E-state index contributed by atoms with van der Waals surface area (Å²) >= 11 is 7.70. The normalized spacial score (nSPS) is 27.8. The first kappa shape index (κ1) is 14.7. The van der Waals surface area contributed by atoms with Crippen molar-refractivity contribution in [3.8, 4) is 0 Å². The maximum Gasteiger partial charge on any atom is 0.330 e.